The third kappa shape index (κ3) is 3.36. The number of rotatable bonds is 2. The van der Waals surface area contributed by atoms with Crippen molar-refractivity contribution in [2.45, 2.75) is 37.8 Å². The zero-order valence-corrected chi connectivity index (χ0v) is 18.3. The molecule has 1 saturated heterocycles. The summed E-state index contributed by atoms with van der Waals surface area (Å²) in [7, 11) is 0. The average molecular weight is 431 g/mol. The number of hydrogen-bond donors (Lipinski definition) is 0. The normalized spacial score (nSPS) is 19.3. The molecule has 0 aliphatic carbocycles. The van der Waals surface area contributed by atoms with Crippen LogP contribution >= 0.6 is 11.3 Å². The van der Waals surface area contributed by atoms with Crippen molar-refractivity contribution < 1.29 is 9.53 Å². The van der Waals surface area contributed by atoms with E-state index >= 15 is 0 Å². The fourth-order valence-corrected chi connectivity index (χ4v) is 6.28. The van der Waals surface area contributed by atoms with Crippen LogP contribution in [0.1, 0.15) is 40.3 Å². The average Bonchev–Trinajstić information content (AvgIpc) is 3.30. The topological polar surface area (TPSA) is 32.8 Å². The first kappa shape index (κ1) is 19.1. The van der Waals surface area contributed by atoms with Crippen molar-refractivity contribution in [2.75, 3.05) is 19.6 Å². The van der Waals surface area contributed by atoms with Crippen LogP contribution in [0.5, 0.6) is 11.5 Å². The Kier molecular flexibility index (Phi) is 4.81. The highest BCUT2D eigenvalue weighted by Gasteiger charge is 2.37. The molecule has 1 amide bonds. The first-order chi connectivity index (χ1) is 15.3. The Labute approximate surface area is 187 Å². The molecular weight excluding hydrogens is 404 g/mol. The van der Waals surface area contributed by atoms with E-state index in [1.54, 1.807) is 4.88 Å². The summed E-state index contributed by atoms with van der Waals surface area (Å²) in [6.45, 7) is 3.88. The van der Waals surface area contributed by atoms with Gasteiger partial charge in [-0.25, -0.2) is 0 Å². The van der Waals surface area contributed by atoms with Gasteiger partial charge in [-0.3, -0.25) is 9.69 Å². The Balaban J connectivity index is 1.19. The number of likely N-dealkylation sites (tertiary alicyclic amines) is 1. The quantitative estimate of drug-likeness (QED) is 0.571. The van der Waals surface area contributed by atoms with Crippen molar-refractivity contribution in [1.82, 2.24) is 9.80 Å². The van der Waals surface area contributed by atoms with Gasteiger partial charge >= 0.3 is 0 Å². The first-order valence-corrected chi connectivity index (χ1v) is 12.1. The van der Waals surface area contributed by atoms with Crippen LogP contribution in [-0.2, 0) is 17.8 Å². The number of carbonyl (C=O) groups is 1. The molecule has 0 spiro atoms. The number of fused-ring (bicyclic) bond motifs is 3. The van der Waals surface area contributed by atoms with E-state index in [2.05, 4.69) is 21.2 Å². The molecule has 5 heteroatoms. The first-order valence-electron chi connectivity index (χ1n) is 11.2. The summed E-state index contributed by atoms with van der Waals surface area (Å²) in [6.07, 6.45) is 3.28. The fourth-order valence-electron chi connectivity index (χ4n) is 5.39. The highest BCUT2D eigenvalue weighted by molar-refractivity contribution is 7.10. The molecule has 0 bridgehead atoms. The molecular formula is C26H26N2O2S. The maximum atomic E-state index is 13.7. The van der Waals surface area contributed by atoms with E-state index in [4.69, 9.17) is 4.74 Å². The van der Waals surface area contributed by atoms with Gasteiger partial charge in [-0.15, -0.1) is 11.3 Å². The summed E-state index contributed by atoms with van der Waals surface area (Å²) < 4.78 is 6.09. The summed E-state index contributed by atoms with van der Waals surface area (Å²) >= 11 is 1.89. The molecule has 0 unspecified atom stereocenters. The predicted molar refractivity (Wildman–Crippen MR) is 123 cm³/mol. The fraction of sp³-hybridized carbons (Fsp3) is 0.346. The van der Waals surface area contributed by atoms with E-state index < -0.39 is 0 Å². The van der Waals surface area contributed by atoms with Crippen molar-refractivity contribution in [3.63, 3.8) is 0 Å². The molecule has 4 heterocycles. The third-order valence-corrected chi connectivity index (χ3v) is 8.08. The second-order valence-electron chi connectivity index (χ2n) is 8.76. The van der Waals surface area contributed by atoms with Gasteiger partial charge in [-0.1, -0.05) is 36.4 Å². The maximum Gasteiger partial charge on any atom is 0.234 e. The molecule has 3 aliphatic heterocycles. The van der Waals surface area contributed by atoms with E-state index in [9.17, 15) is 4.79 Å². The summed E-state index contributed by atoms with van der Waals surface area (Å²) in [5.41, 5.74) is 3.47. The van der Waals surface area contributed by atoms with Crippen LogP contribution in [0.3, 0.4) is 0 Å². The summed E-state index contributed by atoms with van der Waals surface area (Å²) in [5.74, 6) is 1.53. The lowest BCUT2D eigenvalue weighted by molar-refractivity contribution is -0.133. The van der Waals surface area contributed by atoms with Gasteiger partial charge in [0.25, 0.3) is 0 Å². The van der Waals surface area contributed by atoms with E-state index in [1.165, 1.54) is 12.0 Å². The van der Waals surface area contributed by atoms with Gasteiger partial charge in [0.05, 0.1) is 5.92 Å². The second kappa shape index (κ2) is 7.81. The highest BCUT2D eigenvalue weighted by Crippen LogP contribution is 2.45. The van der Waals surface area contributed by atoms with E-state index in [0.29, 0.717) is 6.04 Å². The molecule has 31 heavy (non-hydrogen) atoms. The highest BCUT2D eigenvalue weighted by atomic mass is 32.1. The van der Waals surface area contributed by atoms with Gasteiger partial charge in [0, 0.05) is 48.2 Å². The molecule has 0 N–H and O–H groups in total. The molecule has 3 aliphatic rings. The van der Waals surface area contributed by atoms with E-state index in [1.807, 2.05) is 59.9 Å². The smallest absolute Gasteiger partial charge is 0.234 e. The number of carbonyl (C=O) groups excluding carboxylic acids is 1. The Hall–Kier alpha value is -2.63. The van der Waals surface area contributed by atoms with Crippen LogP contribution in [0.2, 0.25) is 0 Å². The lowest BCUT2D eigenvalue weighted by Gasteiger charge is -2.41. The zero-order chi connectivity index (χ0) is 20.8. The van der Waals surface area contributed by atoms with Crippen LogP contribution < -0.4 is 4.74 Å². The van der Waals surface area contributed by atoms with Gasteiger partial charge in [-0.05, 0) is 48.4 Å². The molecule has 2 aromatic carbocycles. The largest absolute Gasteiger partial charge is 0.457 e. The Morgan fingerprint density at radius 3 is 2.29 bits per heavy atom. The van der Waals surface area contributed by atoms with Crippen molar-refractivity contribution in [1.29, 1.82) is 0 Å². The Bertz CT molecular complexity index is 1070. The summed E-state index contributed by atoms with van der Waals surface area (Å²) in [5, 5.41) is 2.22. The molecule has 0 atom stereocenters. The standard InChI is InChI=1S/C26H26N2O2S/c29-26(25-20-5-1-3-7-22(20)30-23-8-4-2-6-21(23)25)27-13-9-19(10-14-27)28-15-11-24-18(17-28)12-16-31-24/h1-8,12,16,19,25H,9-11,13-15,17H2. The van der Waals surface area contributed by atoms with Crippen LogP contribution in [0.25, 0.3) is 0 Å². The van der Waals surface area contributed by atoms with Crippen molar-refractivity contribution in [3.8, 4) is 11.5 Å². The van der Waals surface area contributed by atoms with Crippen molar-refractivity contribution in [2.24, 2.45) is 0 Å². The van der Waals surface area contributed by atoms with Gasteiger partial charge in [0.15, 0.2) is 0 Å². The van der Waals surface area contributed by atoms with Crippen molar-refractivity contribution in [3.05, 3.63) is 81.5 Å². The second-order valence-corrected chi connectivity index (χ2v) is 9.76. The third-order valence-electron chi connectivity index (χ3n) is 7.06. The van der Waals surface area contributed by atoms with E-state index in [-0.39, 0.29) is 11.8 Å². The number of amides is 1. The van der Waals surface area contributed by atoms with Crippen LogP contribution in [0, 0.1) is 0 Å². The number of nitrogens with zero attached hydrogens (tertiary/aromatic N) is 2. The van der Waals surface area contributed by atoms with E-state index in [0.717, 1.165) is 61.6 Å². The lowest BCUT2D eigenvalue weighted by Crippen LogP contribution is -2.49. The minimum Gasteiger partial charge on any atom is -0.457 e. The van der Waals surface area contributed by atoms with Crippen molar-refractivity contribution >= 4 is 17.2 Å². The minimum atomic E-state index is -0.277. The molecule has 6 rings (SSSR count). The Morgan fingerprint density at radius 2 is 1.58 bits per heavy atom. The maximum absolute atomic E-state index is 13.7. The molecule has 0 saturated carbocycles. The number of thiophene rings is 1. The zero-order valence-electron chi connectivity index (χ0n) is 17.5. The molecule has 1 aromatic heterocycles. The molecule has 158 valence electrons. The Morgan fingerprint density at radius 1 is 0.903 bits per heavy atom. The van der Waals surface area contributed by atoms with Crippen LogP contribution in [-0.4, -0.2) is 41.4 Å². The number of para-hydroxylation sites is 2. The number of benzene rings is 2. The molecule has 4 nitrogen and oxygen atoms in total. The monoisotopic (exact) mass is 430 g/mol. The lowest BCUT2D eigenvalue weighted by atomic mass is 9.86. The molecule has 3 aromatic rings. The van der Waals surface area contributed by atoms with Gasteiger partial charge in [0.2, 0.25) is 5.91 Å². The van der Waals surface area contributed by atoms with Crippen LogP contribution in [0.4, 0.5) is 0 Å². The minimum absolute atomic E-state index is 0.209. The van der Waals surface area contributed by atoms with Gasteiger partial charge in [-0.2, -0.15) is 0 Å². The molecule has 0 radical (unpaired) electrons. The number of hydrogen-bond acceptors (Lipinski definition) is 4. The summed E-state index contributed by atoms with van der Waals surface area (Å²) in [4.78, 5) is 20.0. The number of piperidine rings is 1. The molecule has 1 fully saturated rings. The number of ether oxygens (including phenoxy) is 1. The predicted octanol–water partition coefficient (Wildman–Crippen LogP) is 5.04. The van der Waals surface area contributed by atoms with Gasteiger partial charge < -0.3 is 9.64 Å². The summed E-state index contributed by atoms with van der Waals surface area (Å²) in [6, 6.07) is 18.8. The van der Waals surface area contributed by atoms with Gasteiger partial charge in [0.1, 0.15) is 11.5 Å². The SMILES string of the molecule is O=C(C1c2ccccc2Oc2ccccc21)N1CCC(N2CCc3sccc3C2)CC1. The van der Waals surface area contributed by atoms with Crippen LogP contribution in [0.15, 0.2) is 60.0 Å².